The third-order valence-corrected chi connectivity index (χ3v) is 5.55. The molecule has 0 saturated heterocycles. The SMILES string of the molecule is O=C1c2ccc(I)cc2S(=O)(=O)N1CC1CC1. The molecule has 0 unspecified atom stereocenters. The summed E-state index contributed by atoms with van der Waals surface area (Å²) in [6.07, 6.45) is 2.04. The van der Waals surface area contributed by atoms with Crippen LogP contribution in [0.3, 0.4) is 0 Å². The van der Waals surface area contributed by atoms with E-state index in [0.717, 1.165) is 20.7 Å². The minimum absolute atomic E-state index is 0.162. The molecular weight excluding hydrogens is 353 g/mol. The van der Waals surface area contributed by atoms with Crippen LogP contribution in [0.1, 0.15) is 23.2 Å². The van der Waals surface area contributed by atoms with Crippen LogP contribution in [0.15, 0.2) is 23.1 Å². The van der Waals surface area contributed by atoms with E-state index in [9.17, 15) is 13.2 Å². The number of carbonyl (C=O) groups is 1. The van der Waals surface area contributed by atoms with Gasteiger partial charge in [0.05, 0.1) is 5.56 Å². The molecule has 0 N–H and O–H groups in total. The van der Waals surface area contributed by atoms with E-state index in [2.05, 4.69) is 0 Å². The normalized spacial score (nSPS) is 21.7. The smallest absolute Gasteiger partial charge is 0.268 e. The van der Waals surface area contributed by atoms with Gasteiger partial charge in [-0.3, -0.25) is 4.79 Å². The van der Waals surface area contributed by atoms with Crippen molar-refractivity contribution in [3.8, 4) is 0 Å². The lowest BCUT2D eigenvalue weighted by molar-refractivity contribution is 0.0867. The summed E-state index contributed by atoms with van der Waals surface area (Å²) in [6, 6.07) is 4.92. The van der Waals surface area contributed by atoms with E-state index in [1.165, 1.54) is 0 Å². The van der Waals surface area contributed by atoms with Gasteiger partial charge in [0.1, 0.15) is 4.90 Å². The highest BCUT2D eigenvalue weighted by atomic mass is 127. The van der Waals surface area contributed by atoms with E-state index in [-0.39, 0.29) is 10.8 Å². The van der Waals surface area contributed by atoms with Crippen LogP contribution in [0, 0.1) is 9.49 Å². The van der Waals surface area contributed by atoms with E-state index >= 15 is 0 Å². The molecule has 1 aromatic rings. The highest BCUT2D eigenvalue weighted by molar-refractivity contribution is 14.1. The lowest BCUT2D eigenvalue weighted by atomic mass is 10.2. The standard InChI is InChI=1S/C11H10INO3S/c12-8-3-4-9-10(5-8)17(15,16)13(11(9)14)6-7-1-2-7/h3-5,7H,1-2,6H2. The second-order valence-electron chi connectivity index (χ2n) is 4.43. The number of sulfonamides is 1. The molecule has 1 fully saturated rings. The van der Waals surface area contributed by atoms with E-state index in [1.54, 1.807) is 18.2 Å². The number of benzene rings is 1. The summed E-state index contributed by atoms with van der Waals surface area (Å²) in [7, 11) is -3.59. The number of amides is 1. The number of hydrogen-bond acceptors (Lipinski definition) is 3. The topological polar surface area (TPSA) is 54.5 Å². The second kappa shape index (κ2) is 3.68. The van der Waals surface area contributed by atoms with Gasteiger partial charge in [-0.2, -0.15) is 0 Å². The van der Waals surface area contributed by atoms with Crippen LogP contribution >= 0.6 is 22.6 Å². The number of carbonyl (C=O) groups excluding carboxylic acids is 1. The molecule has 1 saturated carbocycles. The largest absolute Gasteiger partial charge is 0.269 e. The first-order chi connectivity index (χ1) is 8.00. The summed E-state index contributed by atoms with van der Waals surface area (Å²) < 4.78 is 26.3. The van der Waals surface area contributed by atoms with E-state index in [0.29, 0.717) is 18.0 Å². The van der Waals surface area contributed by atoms with Crippen LogP contribution < -0.4 is 0 Å². The van der Waals surface area contributed by atoms with Gasteiger partial charge < -0.3 is 0 Å². The molecule has 1 aliphatic heterocycles. The van der Waals surface area contributed by atoms with Crippen LogP contribution in [0.2, 0.25) is 0 Å². The lowest BCUT2D eigenvalue weighted by Crippen LogP contribution is -2.31. The predicted molar refractivity (Wildman–Crippen MR) is 70.1 cm³/mol. The van der Waals surface area contributed by atoms with Gasteiger partial charge in [-0.05, 0) is 59.5 Å². The summed E-state index contributed by atoms with van der Waals surface area (Å²) in [5.74, 6) is -0.00888. The first-order valence-corrected chi connectivity index (χ1v) is 7.88. The van der Waals surface area contributed by atoms with Gasteiger partial charge in [0.15, 0.2) is 0 Å². The van der Waals surface area contributed by atoms with Gasteiger partial charge in [0, 0.05) is 10.1 Å². The first-order valence-electron chi connectivity index (χ1n) is 5.37. The van der Waals surface area contributed by atoms with E-state index in [1.807, 2.05) is 22.6 Å². The number of fused-ring (bicyclic) bond motifs is 1. The number of hydrogen-bond donors (Lipinski definition) is 0. The fourth-order valence-corrected chi connectivity index (χ4v) is 4.34. The molecule has 90 valence electrons. The molecular formula is C11H10INO3S. The van der Waals surface area contributed by atoms with Crippen LogP contribution in [-0.4, -0.2) is 25.2 Å². The molecule has 0 radical (unpaired) electrons. The molecule has 0 atom stereocenters. The second-order valence-corrected chi connectivity index (χ2v) is 7.50. The van der Waals surface area contributed by atoms with Gasteiger partial charge in [0.25, 0.3) is 15.9 Å². The Morgan fingerprint density at radius 2 is 2.06 bits per heavy atom. The van der Waals surface area contributed by atoms with Crippen LogP contribution in [0.5, 0.6) is 0 Å². The zero-order valence-electron chi connectivity index (χ0n) is 8.89. The Morgan fingerprint density at radius 3 is 2.71 bits per heavy atom. The van der Waals surface area contributed by atoms with Crippen LogP contribution in [-0.2, 0) is 10.0 Å². The van der Waals surface area contributed by atoms with Crippen molar-refractivity contribution in [2.75, 3.05) is 6.54 Å². The highest BCUT2D eigenvalue weighted by Gasteiger charge is 2.43. The zero-order chi connectivity index (χ0) is 12.2. The minimum atomic E-state index is -3.59. The molecule has 0 spiro atoms. The fourth-order valence-electron chi connectivity index (χ4n) is 1.96. The third-order valence-electron chi connectivity index (χ3n) is 3.09. The lowest BCUT2D eigenvalue weighted by Gasteiger charge is -2.13. The summed E-state index contributed by atoms with van der Waals surface area (Å²) >= 11 is 2.05. The summed E-state index contributed by atoms with van der Waals surface area (Å²) in [6.45, 7) is 0.340. The Hall–Kier alpha value is -0.630. The maximum atomic E-state index is 12.2. The zero-order valence-corrected chi connectivity index (χ0v) is 11.9. The Labute approximate surface area is 113 Å². The fraction of sp³-hybridized carbons (Fsp3) is 0.364. The van der Waals surface area contributed by atoms with Crippen molar-refractivity contribution in [3.05, 3.63) is 27.3 Å². The highest BCUT2D eigenvalue weighted by Crippen LogP contribution is 2.36. The molecule has 1 amide bonds. The Bertz CT molecular complexity index is 607. The predicted octanol–water partition coefficient (Wildman–Crippen LogP) is 1.85. The average molecular weight is 363 g/mol. The number of halogens is 1. The van der Waals surface area contributed by atoms with E-state index in [4.69, 9.17) is 0 Å². The summed E-state index contributed by atoms with van der Waals surface area (Å²) in [5, 5.41) is 0. The Morgan fingerprint density at radius 1 is 1.35 bits per heavy atom. The molecule has 17 heavy (non-hydrogen) atoms. The molecule has 3 rings (SSSR count). The van der Waals surface area contributed by atoms with Crippen molar-refractivity contribution in [3.63, 3.8) is 0 Å². The van der Waals surface area contributed by atoms with Crippen molar-refractivity contribution >= 4 is 38.5 Å². The monoisotopic (exact) mass is 363 g/mol. The summed E-state index contributed by atoms with van der Waals surface area (Å²) in [5.41, 5.74) is 0.311. The Kier molecular flexibility index (Phi) is 2.48. The van der Waals surface area contributed by atoms with Gasteiger partial charge in [-0.15, -0.1) is 0 Å². The van der Waals surface area contributed by atoms with Crippen LogP contribution in [0.25, 0.3) is 0 Å². The van der Waals surface area contributed by atoms with Gasteiger partial charge in [-0.25, -0.2) is 12.7 Å². The molecule has 0 aromatic heterocycles. The maximum absolute atomic E-state index is 12.2. The van der Waals surface area contributed by atoms with Crippen molar-refractivity contribution < 1.29 is 13.2 Å². The van der Waals surface area contributed by atoms with Gasteiger partial charge in [0.2, 0.25) is 0 Å². The molecule has 2 aliphatic rings. The molecule has 6 heteroatoms. The molecule has 1 heterocycles. The van der Waals surface area contributed by atoms with Crippen molar-refractivity contribution in [1.82, 2.24) is 4.31 Å². The molecule has 0 bridgehead atoms. The van der Waals surface area contributed by atoms with Gasteiger partial charge >= 0.3 is 0 Å². The van der Waals surface area contributed by atoms with Crippen molar-refractivity contribution in [2.45, 2.75) is 17.7 Å². The van der Waals surface area contributed by atoms with E-state index < -0.39 is 10.0 Å². The quantitative estimate of drug-likeness (QED) is 0.754. The number of rotatable bonds is 2. The number of nitrogens with zero attached hydrogens (tertiary/aromatic N) is 1. The average Bonchev–Trinajstić information content (AvgIpc) is 3.05. The molecule has 1 aromatic carbocycles. The summed E-state index contributed by atoms with van der Waals surface area (Å²) in [4.78, 5) is 12.2. The minimum Gasteiger partial charge on any atom is -0.268 e. The van der Waals surface area contributed by atoms with Crippen molar-refractivity contribution in [1.29, 1.82) is 0 Å². The third kappa shape index (κ3) is 1.77. The Balaban J connectivity index is 2.10. The van der Waals surface area contributed by atoms with Gasteiger partial charge in [-0.1, -0.05) is 0 Å². The first kappa shape index (κ1) is 11.5. The van der Waals surface area contributed by atoms with Crippen molar-refractivity contribution in [2.24, 2.45) is 5.92 Å². The molecule has 1 aliphatic carbocycles. The maximum Gasteiger partial charge on any atom is 0.269 e. The van der Waals surface area contributed by atoms with Crippen LogP contribution in [0.4, 0.5) is 0 Å². The molecule has 4 nitrogen and oxygen atoms in total.